The summed E-state index contributed by atoms with van der Waals surface area (Å²) in [4.78, 5) is 20.1. The predicted octanol–water partition coefficient (Wildman–Crippen LogP) is 0.894. The van der Waals surface area contributed by atoms with Crippen LogP contribution in [0.1, 0.15) is 39.5 Å². The van der Waals surface area contributed by atoms with Crippen molar-refractivity contribution in [1.29, 1.82) is 0 Å². The molecule has 0 aliphatic carbocycles. The van der Waals surface area contributed by atoms with Gasteiger partial charge in [0.05, 0.1) is 0 Å². The van der Waals surface area contributed by atoms with Gasteiger partial charge in [-0.25, -0.2) is 4.99 Å². The van der Waals surface area contributed by atoms with Crippen molar-refractivity contribution in [1.82, 2.24) is 20.4 Å². The Balaban J connectivity index is 2.42. The second-order valence-corrected chi connectivity index (χ2v) is 6.24. The molecule has 128 valence electrons. The highest BCUT2D eigenvalue weighted by molar-refractivity contribution is 5.84. The fraction of sp³-hybridized carbons (Fsp3) is 0.875. The SMILES string of the molecule is CCC(C)NC(=NCC(=O)N(C)C)NCCN1CCCCC1. The minimum Gasteiger partial charge on any atom is -0.355 e. The smallest absolute Gasteiger partial charge is 0.243 e. The van der Waals surface area contributed by atoms with E-state index in [1.165, 1.54) is 32.4 Å². The number of guanidine groups is 1. The van der Waals surface area contributed by atoms with Crippen molar-refractivity contribution in [3.8, 4) is 0 Å². The van der Waals surface area contributed by atoms with Gasteiger partial charge in [-0.05, 0) is 39.3 Å². The number of carbonyl (C=O) groups excluding carboxylic acids is 1. The average Bonchev–Trinajstić information content (AvgIpc) is 2.52. The molecule has 1 amide bonds. The summed E-state index contributed by atoms with van der Waals surface area (Å²) in [5.74, 6) is 0.753. The standard InChI is InChI=1S/C16H33N5O/c1-5-14(2)19-16(18-13-15(22)20(3)4)17-9-12-21-10-7-6-8-11-21/h14H,5-13H2,1-4H3,(H2,17,18,19). The Morgan fingerprint density at radius 3 is 2.55 bits per heavy atom. The first-order chi connectivity index (χ1) is 10.5. The van der Waals surface area contributed by atoms with E-state index in [0.29, 0.717) is 6.04 Å². The van der Waals surface area contributed by atoms with Crippen molar-refractivity contribution in [2.45, 2.75) is 45.6 Å². The summed E-state index contributed by atoms with van der Waals surface area (Å²) in [6.45, 7) is 8.73. The monoisotopic (exact) mass is 311 g/mol. The lowest BCUT2D eigenvalue weighted by molar-refractivity contribution is -0.127. The molecule has 6 heteroatoms. The van der Waals surface area contributed by atoms with Gasteiger partial charge in [0.2, 0.25) is 5.91 Å². The molecule has 1 heterocycles. The second kappa shape index (κ2) is 10.4. The maximum Gasteiger partial charge on any atom is 0.243 e. The van der Waals surface area contributed by atoms with Crippen LogP contribution in [0.5, 0.6) is 0 Å². The van der Waals surface area contributed by atoms with Crippen LogP contribution in [-0.4, -0.2) is 74.5 Å². The van der Waals surface area contributed by atoms with Crippen LogP contribution in [0.15, 0.2) is 4.99 Å². The molecule has 1 atom stereocenters. The number of nitrogens with zero attached hydrogens (tertiary/aromatic N) is 3. The minimum atomic E-state index is 0.0151. The molecule has 0 radical (unpaired) electrons. The van der Waals surface area contributed by atoms with E-state index in [2.05, 4.69) is 34.4 Å². The van der Waals surface area contributed by atoms with E-state index in [1.54, 1.807) is 19.0 Å². The van der Waals surface area contributed by atoms with Gasteiger partial charge in [0, 0.05) is 33.2 Å². The molecule has 1 fully saturated rings. The molecular weight excluding hydrogens is 278 g/mol. The third kappa shape index (κ3) is 7.64. The molecule has 1 aliphatic rings. The maximum absolute atomic E-state index is 11.7. The van der Waals surface area contributed by atoms with Gasteiger partial charge in [0.15, 0.2) is 5.96 Å². The topological polar surface area (TPSA) is 60.0 Å². The first kappa shape index (κ1) is 18.7. The molecular formula is C16H33N5O. The van der Waals surface area contributed by atoms with E-state index < -0.39 is 0 Å². The summed E-state index contributed by atoms with van der Waals surface area (Å²) >= 11 is 0. The minimum absolute atomic E-state index is 0.0151. The Bertz CT molecular complexity index is 350. The number of carbonyl (C=O) groups is 1. The third-order valence-electron chi connectivity index (χ3n) is 4.04. The maximum atomic E-state index is 11.7. The summed E-state index contributed by atoms with van der Waals surface area (Å²) in [6.07, 6.45) is 5.00. The number of aliphatic imine (C=N–C) groups is 1. The molecule has 22 heavy (non-hydrogen) atoms. The van der Waals surface area contributed by atoms with Crippen molar-refractivity contribution in [2.75, 3.05) is 46.8 Å². The van der Waals surface area contributed by atoms with Gasteiger partial charge in [-0.2, -0.15) is 0 Å². The molecule has 6 nitrogen and oxygen atoms in total. The van der Waals surface area contributed by atoms with Crippen LogP contribution in [0.25, 0.3) is 0 Å². The number of rotatable bonds is 7. The Morgan fingerprint density at radius 1 is 1.27 bits per heavy atom. The summed E-state index contributed by atoms with van der Waals surface area (Å²) in [6, 6.07) is 0.343. The number of amides is 1. The molecule has 0 aromatic heterocycles. The van der Waals surface area contributed by atoms with Gasteiger partial charge < -0.3 is 20.4 Å². The van der Waals surface area contributed by atoms with Gasteiger partial charge in [0.1, 0.15) is 6.54 Å². The highest BCUT2D eigenvalue weighted by Gasteiger charge is 2.10. The molecule has 1 aliphatic heterocycles. The van der Waals surface area contributed by atoms with Gasteiger partial charge in [0.25, 0.3) is 0 Å². The molecule has 0 aromatic carbocycles. The summed E-state index contributed by atoms with van der Waals surface area (Å²) in [5, 5.41) is 6.70. The van der Waals surface area contributed by atoms with Crippen LogP contribution in [0, 0.1) is 0 Å². The Hall–Kier alpha value is -1.30. The normalized spacial score (nSPS) is 17.9. The zero-order valence-corrected chi connectivity index (χ0v) is 14.7. The van der Waals surface area contributed by atoms with Crippen LogP contribution in [0.4, 0.5) is 0 Å². The number of hydrogen-bond donors (Lipinski definition) is 2. The predicted molar refractivity (Wildman–Crippen MR) is 92.2 cm³/mol. The molecule has 1 unspecified atom stereocenters. The first-order valence-corrected chi connectivity index (χ1v) is 8.50. The average molecular weight is 311 g/mol. The third-order valence-corrected chi connectivity index (χ3v) is 4.04. The van der Waals surface area contributed by atoms with Crippen molar-refractivity contribution in [3.05, 3.63) is 0 Å². The first-order valence-electron chi connectivity index (χ1n) is 8.50. The van der Waals surface area contributed by atoms with Crippen LogP contribution < -0.4 is 10.6 Å². The highest BCUT2D eigenvalue weighted by atomic mass is 16.2. The van der Waals surface area contributed by atoms with Crippen molar-refractivity contribution < 1.29 is 4.79 Å². The fourth-order valence-electron chi connectivity index (χ4n) is 2.29. The van der Waals surface area contributed by atoms with E-state index in [0.717, 1.165) is 25.5 Å². The molecule has 2 N–H and O–H groups in total. The Labute approximate surface area is 135 Å². The van der Waals surface area contributed by atoms with Crippen LogP contribution in [0.3, 0.4) is 0 Å². The van der Waals surface area contributed by atoms with Gasteiger partial charge in [-0.3, -0.25) is 4.79 Å². The lowest BCUT2D eigenvalue weighted by Gasteiger charge is -2.27. The molecule has 0 saturated carbocycles. The lowest BCUT2D eigenvalue weighted by Crippen LogP contribution is -2.45. The molecule has 1 rings (SSSR count). The van der Waals surface area contributed by atoms with E-state index in [-0.39, 0.29) is 12.5 Å². The molecule has 0 aromatic rings. The quantitative estimate of drug-likeness (QED) is 0.542. The van der Waals surface area contributed by atoms with Crippen molar-refractivity contribution in [3.63, 3.8) is 0 Å². The highest BCUT2D eigenvalue weighted by Crippen LogP contribution is 2.07. The Morgan fingerprint density at radius 2 is 1.95 bits per heavy atom. The van der Waals surface area contributed by atoms with Gasteiger partial charge in [-0.1, -0.05) is 13.3 Å². The van der Waals surface area contributed by atoms with Crippen molar-refractivity contribution >= 4 is 11.9 Å². The second-order valence-electron chi connectivity index (χ2n) is 6.24. The van der Waals surface area contributed by atoms with E-state index in [4.69, 9.17) is 0 Å². The fourth-order valence-corrected chi connectivity index (χ4v) is 2.29. The van der Waals surface area contributed by atoms with E-state index in [1.807, 2.05) is 0 Å². The largest absolute Gasteiger partial charge is 0.355 e. The van der Waals surface area contributed by atoms with E-state index >= 15 is 0 Å². The molecule has 0 spiro atoms. The Kier molecular flexibility index (Phi) is 8.89. The number of nitrogens with one attached hydrogen (secondary N) is 2. The van der Waals surface area contributed by atoms with Crippen molar-refractivity contribution in [2.24, 2.45) is 4.99 Å². The van der Waals surface area contributed by atoms with Crippen LogP contribution >= 0.6 is 0 Å². The van der Waals surface area contributed by atoms with Crippen LogP contribution in [-0.2, 0) is 4.79 Å². The summed E-state index contributed by atoms with van der Waals surface area (Å²) in [7, 11) is 3.51. The number of likely N-dealkylation sites (tertiary alicyclic amines) is 1. The van der Waals surface area contributed by atoms with Gasteiger partial charge in [-0.15, -0.1) is 0 Å². The number of likely N-dealkylation sites (N-methyl/N-ethyl adjacent to an activating group) is 1. The van der Waals surface area contributed by atoms with E-state index in [9.17, 15) is 4.79 Å². The summed E-state index contributed by atoms with van der Waals surface area (Å²) in [5.41, 5.74) is 0. The van der Waals surface area contributed by atoms with Gasteiger partial charge >= 0.3 is 0 Å². The number of hydrogen-bond acceptors (Lipinski definition) is 3. The number of piperidine rings is 1. The zero-order chi connectivity index (χ0) is 16.4. The summed E-state index contributed by atoms with van der Waals surface area (Å²) < 4.78 is 0. The van der Waals surface area contributed by atoms with Crippen LogP contribution in [0.2, 0.25) is 0 Å². The lowest BCUT2D eigenvalue weighted by atomic mass is 10.1. The zero-order valence-electron chi connectivity index (χ0n) is 14.7. The molecule has 0 bridgehead atoms. The molecule has 1 saturated heterocycles.